The second kappa shape index (κ2) is 9.36. The van der Waals surface area contributed by atoms with Gasteiger partial charge in [0.05, 0.1) is 22.8 Å². The second-order valence-electron chi connectivity index (χ2n) is 10.5. The van der Waals surface area contributed by atoms with Crippen LogP contribution in [0.1, 0.15) is 56.2 Å². The average molecular weight is 495 g/mol. The minimum absolute atomic E-state index is 0.378. The molecular formula is C34H30N4. The SMILES string of the molecule is CC(C)c1cccc(C(C)C)c1-n1ccnc1-c1cccc(-c2c(C#N)ccc3c2[nH]c2ccccc23)c1. The lowest BCUT2D eigenvalue weighted by Crippen LogP contribution is -2.07. The molecule has 186 valence electrons. The number of aromatic nitrogens is 3. The van der Waals surface area contributed by atoms with Crippen molar-refractivity contribution in [1.29, 1.82) is 5.26 Å². The fourth-order valence-corrected chi connectivity index (χ4v) is 5.61. The number of aromatic amines is 1. The summed E-state index contributed by atoms with van der Waals surface area (Å²) in [6.45, 7) is 8.96. The fraction of sp³-hybridized carbons (Fsp3) is 0.176. The molecule has 2 aromatic heterocycles. The molecule has 4 aromatic carbocycles. The smallest absolute Gasteiger partial charge is 0.144 e. The molecule has 4 nitrogen and oxygen atoms in total. The van der Waals surface area contributed by atoms with Gasteiger partial charge < -0.3 is 4.98 Å². The topological polar surface area (TPSA) is 57.4 Å². The van der Waals surface area contributed by atoms with E-state index in [9.17, 15) is 5.26 Å². The molecule has 38 heavy (non-hydrogen) atoms. The fourth-order valence-electron chi connectivity index (χ4n) is 5.61. The highest BCUT2D eigenvalue weighted by molar-refractivity contribution is 6.12. The summed E-state index contributed by atoms with van der Waals surface area (Å²) in [6.07, 6.45) is 3.94. The lowest BCUT2D eigenvalue weighted by Gasteiger charge is -2.22. The first-order chi connectivity index (χ1) is 18.5. The van der Waals surface area contributed by atoms with Gasteiger partial charge in [0.1, 0.15) is 5.82 Å². The molecule has 0 amide bonds. The molecule has 0 atom stereocenters. The molecule has 0 saturated heterocycles. The number of H-pyrrole nitrogens is 1. The third-order valence-electron chi connectivity index (χ3n) is 7.44. The van der Waals surface area contributed by atoms with E-state index < -0.39 is 0 Å². The number of rotatable bonds is 5. The van der Waals surface area contributed by atoms with Crippen LogP contribution in [0.25, 0.3) is 50.0 Å². The standard InChI is InChI=1S/C34H30N4/c1-21(2)26-12-8-13-27(22(3)4)33(26)38-18-17-36-34(38)24-10-7-9-23(19-24)31-25(20-35)15-16-29-28-11-5-6-14-30(28)37-32(29)31/h5-19,21-22,37H,1-4H3. The van der Waals surface area contributed by atoms with Crippen LogP contribution in [0.5, 0.6) is 0 Å². The van der Waals surface area contributed by atoms with E-state index in [-0.39, 0.29) is 0 Å². The molecule has 0 spiro atoms. The van der Waals surface area contributed by atoms with Gasteiger partial charge in [-0.2, -0.15) is 5.26 Å². The molecule has 2 heterocycles. The first-order valence-electron chi connectivity index (χ1n) is 13.2. The molecule has 0 saturated carbocycles. The predicted octanol–water partition coefficient (Wildman–Crippen LogP) is 8.96. The van der Waals surface area contributed by atoms with Crippen molar-refractivity contribution < 1.29 is 0 Å². The monoisotopic (exact) mass is 494 g/mol. The number of hydrogen-bond donors (Lipinski definition) is 1. The van der Waals surface area contributed by atoms with Crippen LogP contribution in [0.15, 0.2) is 91.3 Å². The Bertz CT molecular complexity index is 1820. The number of nitriles is 1. The number of para-hydroxylation sites is 2. The molecule has 0 unspecified atom stereocenters. The summed E-state index contributed by atoms with van der Waals surface area (Å²) in [5, 5.41) is 12.3. The predicted molar refractivity (Wildman–Crippen MR) is 157 cm³/mol. The summed E-state index contributed by atoms with van der Waals surface area (Å²) >= 11 is 0. The summed E-state index contributed by atoms with van der Waals surface area (Å²) in [4.78, 5) is 8.41. The molecule has 0 aliphatic heterocycles. The van der Waals surface area contributed by atoms with Crippen LogP contribution < -0.4 is 0 Å². The van der Waals surface area contributed by atoms with Crippen LogP contribution in [0.2, 0.25) is 0 Å². The minimum Gasteiger partial charge on any atom is -0.354 e. The molecule has 4 heteroatoms. The van der Waals surface area contributed by atoms with Gasteiger partial charge >= 0.3 is 0 Å². The second-order valence-corrected chi connectivity index (χ2v) is 10.5. The van der Waals surface area contributed by atoms with Gasteiger partial charge in [0.25, 0.3) is 0 Å². The van der Waals surface area contributed by atoms with Crippen molar-refractivity contribution in [3.8, 4) is 34.3 Å². The largest absolute Gasteiger partial charge is 0.354 e. The summed E-state index contributed by atoms with van der Waals surface area (Å²) in [5.41, 5.74) is 9.46. The molecule has 0 bridgehead atoms. The number of benzene rings is 4. The Kier molecular flexibility index (Phi) is 5.85. The summed E-state index contributed by atoms with van der Waals surface area (Å²) in [5.74, 6) is 1.65. The van der Waals surface area contributed by atoms with Crippen LogP contribution in [-0.2, 0) is 0 Å². The van der Waals surface area contributed by atoms with Gasteiger partial charge in [-0.25, -0.2) is 4.98 Å². The quantitative estimate of drug-likeness (QED) is 0.260. The Morgan fingerprint density at radius 3 is 2.24 bits per heavy atom. The molecule has 1 N–H and O–H groups in total. The Balaban J connectivity index is 1.57. The number of fused-ring (bicyclic) bond motifs is 3. The van der Waals surface area contributed by atoms with Gasteiger partial charge in [0, 0.05) is 39.8 Å². The van der Waals surface area contributed by atoms with Crippen LogP contribution in [0.4, 0.5) is 0 Å². The van der Waals surface area contributed by atoms with Crippen LogP contribution in [-0.4, -0.2) is 14.5 Å². The lowest BCUT2D eigenvalue weighted by molar-refractivity contribution is 0.807. The highest BCUT2D eigenvalue weighted by Crippen LogP contribution is 2.38. The summed E-state index contributed by atoms with van der Waals surface area (Å²) < 4.78 is 2.23. The van der Waals surface area contributed by atoms with Crippen LogP contribution in [0, 0.1) is 11.3 Å². The maximum Gasteiger partial charge on any atom is 0.144 e. The highest BCUT2D eigenvalue weighted by atomic mass is 15.1. The van der Waals surface area contributed by atoms with E-state index in [0.717, 1.165) is 44.3 Å². The maximum absolute atomic E-state index is 10.0. The van der Waals surface area contributed by atoms with Crippen molar-refractivity contribution in [3.63, 3.8) is 0 Å². The Labute approximate surface area is 223 Å². The van der Waals surface area contributed by atoms with Crippen molar-refractivity contribution in [1.82, 2.24) is 14.5 Å². The van der Waals surface area contributed by atoms with E-state index in [0.29, 0.717) is 17.4 Å². The molecule has 6 aromatic rings. The van der Waals surface area contributed by atoms with E-state index in [2.05, 4.69) is 104 Å². The average Bonchev–Trinajstić information content (AvgIpc) is 3.57. The van der Waals surface area contributed by atoms with Crippen molar-refractivity contribution in [2.45, 2.75) is 39.5 Å². The van der Waals surface area contributed by atoms with Crippen LogP contribution >= 0.6 is 0 Å². The molecular weight excluding hydrogens is 464 g/mol. The first kappa shape index (κ1) is 23.8. The third kappa shape index (κ3) is 3.79. The maximum atomic E-state index is 10.0. The number of nitrogens with zero attached hydrogens (tertiary/aromatic N) is 3. The van der Waals surface area contributed by atoms with E-state index in [1.54, 1.807) is 0 Å². The van der Waals surface area contributed by atoms with Gasteiger partial charge in [-0.3, -0.25) is 4.57 Å². The Morgan fingerprint density at radius 2 is 1.50 bits per heavy atom. The van der Waals surface area contributed by atoms with Gasteiger partial charge in [-0.1, -0.05) is 88.4 Å². The van der Waals surface area contributed by atoms with Gasteiger partial charge in [-0.15, -0.1) is 0 Å². The number of imidazole rings is 1. The van der Waals surface area contributed by atoms with Gasteiger partial charge in [0.2, 0.25) is 0 Å². The summed E-state index contributed by atoms with van der Waals surface area (Å²) in [6, 6.07) is 29.7. The van der Waals surface area contributed by atoms with E-state index in [1.165, 1.54) is 16.8 Å². The zero-order chi connectivity index (χ0) is 26.4. The molecule has 0 fully saturated rings. The first-order valence-corrected chi connectivity index (χ1v) is 13.2. The number of nitrogens with one attached hydrogen (secondary N) is 1. The number of hydrogen-bond acceptors (Lipinski definition) is 2. The Morgan fingerprint density at radius 1 is 0.789 bits per heavy atom. The molecule has 0 aliphatic carbocycles. The molecule has 0 radical (unpaired) electrons. The van der Waals surface area contributed by atoms with E-state index in [4.69, 9.17) is 4.98 Å². The molecule has 0 aliphatic rings. The van der Waals surface area contributed by atoms with Crippen molar-refractivity contribution in [2.24, 2.45) is 0 Å². The zero-order valence-electron chi connectivity index (χ0n) is 22.2. The van der Waals surface area contributed by atoms with Crippen molar-refractivity contribution in [3.05, 3.63) is 108 Å². The minimum atomic E-state index is 0.378. The van der Waals surface area contributed by atoms with Crippen molar-refractivity contribution in [2.75, 3.05) is 0 Å². The van der Waals surface area contributed by atoms with E-state index in [1.807, 2.05) is 30.5 Å². The van der Waals surface area contributed by atoms with Crippen molar-refractivity contribution >= 4 is 21.8 Å². The Hall–Kier alpha value is -4.62. The van der Waals surface area contributed by atoms with Crippen LogP contribution in [0.3, 0.4) is 0 Å². The third-order valence-corrected chi connectivity index (χ3v) is 7.44. The lowest BCUT2D eigenvalue weighted by atomic mass is 9.92. The molecule has 6 rings (SSSR count). The normalized spacial score (nSPS) is 11.6. The summed E-state index contributed by atoms with van der Waals surface area (Å²) in [7, 11) is 0. The zero-order valence-corrected chi connectivity index (χ0v) is 22.2. The highest BCUT2D eigenvalue weighted by Gasteiger charge is 2.20. The van der Waals surface area contributed by atoms with Gasteiger partial charge in [-0.05, 0) is 46.7 Å². The van der Waals surface area contributed by atoms with E-state index >= 15 is 0 Å². The van der Waals surface area contributed by atoms with Gasteiger partial charge in [0.15, 0.2) is 0 Å².